The SMILES string of the molecule is O=C(Nc1cccc(OC(F)F)c1)c1ccnc(F)c1F. The van der Waals surface area contributed by atoms with Crippen molar-refractivity contribution in [1.29, 1.82) is 0 Å². The maximum Gasteiger partial charge on any atom is 0.387 e. The average molecular weight is 300 g/mol. The van der Waals surface area contributed by atoms with Gasteiger partial charge in [-0.2, -0.15) is 13.2 Å². The van der Waals surface area contributed by atoms with Gasteiger partial charge in [0.05, 0.1) is 5.56 Å². The summed E-state index contributed by atoms with van der Waals surface area (Å²) in [5, 5.41) is 2.24. The van der Waals surface area contributed by atoms with E-state index in [2.05, 4.69) is 15.0 Å². The van der Waals surface area contributed by atoms with Crippen molar-refractivity contribution in [2.24, 2.45) is 0 Å². The fourth-order valence-electron chi connectivity index (χ4n) is 1.54. The zero-order valence-corrected chi connectivity index (χ0v) is 10.3. The molecule has 0 aliphatic heterocycles. The van der Waals surface area contributed by atoms with Crippen molar-refractivity contribution in [3.63, 3.8) is 0 Å². The first-order valence-corrected chi connectivity index (χ1v) is 5.63. The van der Waals surface area contributed by atoms with E-state index in [4.69, 9.17) is 0 Å². The second-order valence-corrected chi connectivity index (χ2v) is 3.82. The van der Waals surface area contributed by atoms with Crippen molar-refractivity contribution >= 4 is 11.6 Å². The fourth-order valence-corrected chi connectivity index (χ4v) is 1.54. The molecule has 1 heterocycles. The van der Waals surface area contributed by atoms with Crippen LogP contribution in [0.3, 0.4) is 0 Å². The number of hydrogen-bond acceptors (Lipinski definition) is 3. The van der Waals surface area contributed by atoms with Gasteiger partial charge >= 0.3 is 6.61 Å². The van der Waals surface area contributed by atoms with E-state index in [-0.39, 0.29) is 11.4 Å². The van der Waals surface area contributed by atoms with Gasteiger partial charge in [0.1, 0.15) is 5.75 Å². The van der Waals surface area contributed by atoms with Crippen LogP contribution >= 0.6 is 0 Å². The van der Waals surface area contributed by atoms with E-state index in [1.54, 1.807) is 0 Å². The first-order chi connectivity index (χ1) is 9.97. The molecule has 0 aliphatic carbocycles. The molecule has 1 N–H and O–H groups in total. The molecule has 2 rings (SSSR count). The van der Waals surface area contributed by atoms with Crippen LogP contribution in [0.1, 0.15) is 10.4 Å². The third-order valence-corrected chi connectivity index (χ3v) is 2.41. The molecule has 0 bridgehead atoms. The summed E-state index contributed by atoms with van der Waals surface area (Å²) >= 11 is 0. The molecule has 0 unspecified atom stereocenters. The number of aromatic nitrogens is 1. The summed E-state index contributed by atoms with van der Waals surface area (Å²) in [6.07, 6.45) is 0.934. The molecule has 4 nitrogen and oxygen atoms in total. The molecule has 0 spiro atoms. The molecular weight excluding hydrogens is 292 g/mol. The minimum Gasteiger partial charge on any atom is -0.435 e. The van der Waals surface area contributed by atoms with Crippen LogP contribution in [0, 0.1) is 11.8 Å². The number of nitrogens with zero attached hydrogens (tertiary/aromatic N) is 1. The monoisotopic (exact) mass is 300 g/mol. The number of carbonyl (C=O) groups is 1. The van der Waals surface area contributed by atoms with Gasteiger partial charge in [0.15, 0.2) is 5.82 Å². The second kappa shape index (κ2) is 6.21. The number of carbonyl (C=O) groups excluding carboxylic acids is 1. The Hall–Kier alpha value is -2.64. The van der Waals surface area contributed by atoms with Gasteiger partial charge in [-0.1, -0.05) is 6.07 Å². The molecule has 0 radical (unpaired) electrons. The maximum absolute atomic E-state index is 13.4. The summed E-state index contributed by atoms with van der Waals surface area (Å²) in [5.74, 6) is -3.92. The fraction of sp³-hybridized carbons (Fsp3) is 0.0769. The Kier molecular flexibility index (Phi) is 4.36. The average Bonchev–Trinajstić information content (AvgIpc) is 2.41. The molecule has 0 saturated carbocycles. The van der Waals surface area contributed by atoms with Crippen molar-refractivity contribution in [1.82, 2.24) is 4.98 Å². The van der Waals surface area contributed by atoms with Crippen LogP contribution in [0.15, 0.2) is 36.5 Å². The number of ether oxygens (including phenoxy) is 1. The Balaban J connectivity index is 2.18. The molecule has 1 amide bonds. The standard InChI is InChI=1S/C13H8F4N2O2/c14-10-9(4-5-18-11(10)15)12(20)19-7-2-1-3-8(6-7)21-13(16)17/h1-6,13H,(H,19,20). The number of alkyl halides is 2. The summed E-state index contributed by atoms with van der Waals surface area (Å²) in [5.41, 5.74) is -0.461. The number of anilines is 1. The number of rotatable bonds is 4. The third-order valence-electron chi connectivity index (χ3n) is 2.41. The first-order valence-electron chi connectivity index (χ1n) is 5.63. The Morgan fingerprint density at radius 3 is 2.71 bits per heavy atom. The molecule has 0 saturated heterocycles. The Labute approximate surface area is 116 Å². The molecule has 0 atom stereocenters. The molecule has 21 heavy (non-hydrogen) atoms. The maximum atomic E-state index is 13.4. The molecule has 1 aromatic carbocycles. The van der Waals surface area contributed by atoms with E-state index in [0.717, 1.165) is 18.3 Å². The number of pyridine rings is 1. The lowest BCUT2D eigenvalue weighted by atomic mass is 10.2. The van der Waals surface area contributed by atoms with E-state index >= 15 is 0 Å². The van der Waals surface area contributed by atoms with Crippen molar-refractivity contribution in [3.8, 4) is 5.75 Å². The molecule has 1 aromatic heterocycles. The largest absolute Gasteiger partial charge is 0.435 e. The van der Waals surface area contributed by atoms with Crippen LogP contribution in [0.4, 0.5) is 23.2 Å². The zero-order valence-electron chi connectivity index (χ0n) is 10.3. The molecule has 2 aromatic rings. The second-order valence-electron chi connectivity index (χ2n) is 3.82. The predicted molar refractivity (Wildman–Crippen MR) is 65.2 cm³/mol. The summed E-state index contributed by atoms with van der Waals surface area (Å²) in [6.45, 7) is -3.01. The van der Waals surface area contributed by atoms with E-state index in [1.165, 1.54) is 18.2 Å². The third kappa shape index (κ3) is 3.68. The van der Waals surface area contributed by atoms with Gasteiger partial charge in [-0.3, -0.25) is 4.79 Å². The summed E-state index contributed by atoms with van der Waals surface area (Å²) in [4.78, 5) is 14.8. The van der Waals surface area contributed by atoms with Crippen molar-refractivity contribution < 1.29 is 27.1 Å². The number of nitrogens with one attached hydrogen (secondary N) is 1. The van der Waals surface area contributed by atoms with E-state index in [1.807, 2.05) is 0 Å². The molecule has 8 heteroatoms. The quantitative estimate of drug-likeness (QED) is 0.697. The number of hydrogen-bond donors (Lipinski definition) is 1. The van der Waals surface area contributed by atoms with Crippen molar-refractivity contribution in [2.45, 2.75) is 6.61 Å². The van der Waals surface area contributed by atoms with Crippen LogP contribution < -0.4 is 10.1 Å². The van der Waals surface area contributed by atoms with E-state index in [9.17, 15) is 22.4 Å². The zero-order chi connectivity index (χ0) is 15.4. The highest BCUT2D eigenvalue weighted by atomic mass is 19.3. The lowest BCUT2D eigenvalue weighted by Crippen LogP contribution is -2.15. The van der Waals surface area contributed by atoms with Gasteiger partial charge in [-0.25, -0.2) is 9.37 Å². The Morgan fingerprint density at radius 2 is 2.00 bits per heavy atom. The number of halogens is 4. The highest BCUT2D eigenvalue weighted by Crippen LogP contribution is 2.20. The van der Waals surface area contributed by atoms with Gasteiger partial charge in [0.25, 0.3) is 5.91 Å². The lowest BCUT2D eigenvalue weighted by Gasteiger charge is -2.08. The summed E-state index contributed by atoms with van der Waals surface area (Å²) in [7, 11) is 0. The molecule has 110 valence electrons. The van der Waals surface area contributed by atoms with Crippen LogP contribution in [0.2, 0.25) is 0 Å². The molecular formula is C13H8F4N2O2. The van der Waals surface area contributed by atoms with Gasteiger partial charge in [0.2, 0.25) is 5.95 Å². The number of amides is 1. The Morgan fingerprint density at radius 1 is 1.24 bits per heavy atom. The molecule has 0 fully saturated rings. The van der Waals surface area contributed by atoms with Gasteiger partial charge in [-0.15, -0.1) is 0 Å². The lowest BCUT2D eigenvalue weighted by molar-refractivity contribution is -0.0497. The van der Waals surface area contributed by atoms with E-state index in [0.29, 0.717) is 0 Å². The van der Waals surface area contributed by atoms with Crippen LogP contribution in [0.25, 0.3) is 0 Å². The van der Waals surface area contributed by atoms with E-state index < -0.39 is 29.8 Å². The normalized spacial score (nSPS) is 10.5. The van der Waals surface area contributed by atoms with Gasteiger partial charge < -0.3 is 10.1 Å². The smallest absolute Gasteiger partial charge is 0.387 e. The van der Waals surface area contributed by atoms with Crippen molar-refractivity contribution in [2.75, 3.05) is 5.32 Å². The minimum atomic E-state index is -3.01. The topological polar surface area (TPSA) is 51.2 Å². The molecule has 0 aliphatic rings. The van der Waals surface area contributed by atoms with Crippen LogP contribution in [-0.4, -0.2) is 17.5 Å². The Bertz CT molecular complexity index is 664. The van der Waals surface area contributed by atoms with Crippen LogP contribution in [-0.2, 0) is 0 Å². The number of benzene rings is 1. The van der Waals surface area contributed by atoms with Crippen molar-refractivity contribution in [3.05, 3.63) is 53.9 Å². The highest BCUT2D eigenvalue weighted by molar-refractivity contribution is 6.04. The minimum absolute atomic E-state index is 0.0924. The highest BCUT2D eigenvalue weighted by Gasteiger charge is 2.16. The summed E-state index contributed by atoms with van der Waals surface area (Å²) < 4.78 is 54.6. The van der Waals surface area contributed by atoms with Crippen LogP contribution in [0.5, 0.6) is 5.75 Å². The van der Waals surface area contributed by atoms with Gasteiger partial charge in [0, 0.05) is 18.0 Å². The van der Waals surface area contributed by atoms with Gasteiger partial charge in [-0.05, 0) is 18.2 Å². The first kappa shape index (κ1) is 14.8. The summed E-state index contributed by atoms with van der Waals surface area (Å²) in [6, 6.07) is 6.11. The predicted octanol–water partition coefficient (Wildman–Crippen LogP) is 3.21.